The fourth-order valence-corrected chi connectivity index (χ4v) is 2.43. The molecule has 7 nitrogen and oxygen atoms in total. The molecule has 0 aliphatic carbocycles. The number of aryl methyl sites for hydroxylation is 2. The average Bonchev–Trinajstić information content (AvgIpc) is 3.01. The normalized spacial score (nSPS) is 12.1. The van der Waals surface area contributed by atoms with Gasteiger partial charge in [-0.1, -0.05) is 0 Å². The van der Waals surface area contributed by atoms with Crippen molar-refractivity contribution in [1.29, 1.82) is 0 Å². The van der Waals surface area contributed by atoms with Crippen LogP contribution >= 0.6 is 11.3 Å². The zero-order chi connectivity index (χ0) is 15.6. The summed E-state index contributed by atoms with van der Waals surface area (Å²) in [6.45, 7) is 1.69. The zero-order valence-electron chi connectivity index (χ0n) is 11.7. The standard InChI is InChI=1S/C13H16N4O3S/c1-7-16-9(6-21-7)8-3-10(17(2)5-8)13(20)15-4-11(18)12(14)19/h3,5-6,11,18H,4H2,1-2H3,(H2,14,19)(H,15,20). The molecular weight excluding hydrogens is 292 g/mol. The second kappa shape index (κ2) is 6.06. The Hall–Kier alpha value is -2.19. The van der Waals surface area contributed by atoms with Gasteiger partial charge in [0.05, 0.1) is 17.2 Å². The molecule has 21 heavy (non-hydrogen) atoms. The summed E-state index contributed by atoms with van der Waals surface area (Å²) in [5, 5.41) is 14.6. The van der Waals surface area contributed by atoms with Gasteiger partial charge in [0, 0.05) is 24.2 Å². The molecule has 112 valence electrons. The van der Waals surface area contributed by atoms with Gasteiger partial charge < -0.3 is 20.7 Å². The van der Waals surface area contributed by atoms with Crippen LogP contribution in [0.1, 0.15) is 15.5 Å². The summed E-state index contributed by atoms with van der Waals surface area (Å²) >= 11 is 1.53. The molecule has 4 N–H and O–H groups in total. The lowest BCUT2D eigenvalue weighted by Gasteiger charge is -2.08. The van der Waals surface area contributed by atoms with Crippen molar-refractivity contribution in [3.63, 3.8) is 0 Å². The highest BCUT2D eigenvalue weighted by Gasteiger charge is 2.16. The Morgan fingerprint density at radius 2 is 2.29 bits per heavy atom. The van der Waals surface area contributed by atoms with E-state index in [0.29, 0.717) is 5.69 Å². The Balaban J connectivity index is 2.12. The van der Waals surface area contributed by atoms with Crippen molar-refractivity contribution in [1.82, 2.24) is 14.9 Å². The van der Waals surface area contributed by atoms with Crippen molar-refractivity contribution >= 4 is 23.2 Å². The van der Waals surface area contributed by atoms with E-state index in [1.54, 1.807) is 23.9 Å². The topological polar surface area (TPSA) is 110 Å². The monoisotopic (exact) mass is 308 g/mol. The molecule has 0 aromatic carbocycles. The van der Waals surface area contributed by atoms with Gasteiger partial charge in [0.1, 0.15) is 11.8 Å². The Labute approximate surface area is 125 Å². The molecule has 0 aliphatic heterocycles. The number of rotatable bonds is 5. The van der Waals surface area contributed by atoms with Crippen LogP contribution < -0.4 is 11.1 Å². The van der Waals surface area contributed by atoms with Gasteiger partial charge in [-0.15, -0.1) is 11.3 Å². The Kier molecular flexibility index (Phi) is 4.39. The summed E-state index contributed by atoms with van der Waals surface area (Å²) in [6.07, 6.45) is 0.406. The number of hydrogen-bond acceptors (Lipinski definition) is 5. The number of carbonyl (C=O) groups is 2. The third-order valence-electron chi connectivity index (χ3n) is 2.94. The number of amides is 2. The molecule has 0 saturated heterocycles. The lowest BCUT2D eigenvalue weighted by atomic mass is 10.2. The number of aliphatic hydroxyl groups is 1. The largest absolute Gasteiger partial charge is 0.381 e. The summed E-state index contributed by atoms with van der Waals surface area (Å²) < 4.78 is 1.66. The maximum absolute atomic E-state index is 12.0. The molecule has 2 heterocycles. The highest BCUT2D eigenvalue weighted by molar-refractivity contribution is 7.09. The van der Waals surface area contributed by atoms with Gasteiger partial charge in [-0.3, -0.25) is 9.59 Å². The van der Waals surface area contributed by atoms with Gasteiger partial charge in [0.25, 0.3) is 5.91 Å². The van der Waals surface area contributed by atoms with Crippen molar-refractivity contribution in [2.75, 3.05) is 6.54 Å². The molecule has 0 bridgehead atoms. The van der Waals surface area contributed by atoms with Crippen LogP contribution in [-0.4, -0.2) is 39.1 Å². The molecule has 8 heteroatoms. The molecule has 2 aromatic rings. The predicted octanol–water partition coefficient (Wildman–Crippen LogP) is 0.0330. The number of thiazole rings is 1. The minimum absolute atomic E-state index is 0.218. The van der Waals surface area contributed by atoms with E-state index in [-0.39, 0.29) is 6.54 Å². The summed E-state index contributed by atoms with van der Waals surface area (Å²) in [7, 11) is 1.74. The number of hydrogen-bond donors (Lipinski definition) is 3. The van der Waals surface area contributed by atoms with E-state index in [2.05, 4.69) is 10.3 Å². The predicted molar refractivity (Wildman–Crippen MR) is 78.8 cm³/mol. The smallest absolute Gasteiger partial charge is 0.268 e. The number of aromatic nitrogens is 2. The second-order valence-electron chi connectivity index (χ2n) is 4.60. The first-order chi connectivity index (χ1) is 9.88. The molecule has 2 rings (SSSR count). The van der Waals surface area contributed by atoms with Crippen molar-refractivity contribution in [3.8, 4) is 11.3 Å². The molecule has 0 spiro atoms. The lowest BCUT2D eigenvalue weighted by Crippen LogP contribution is -2.40. The Morgan fingerprint density at radius 3 is 2.86 bits per heavy atom. The molecule has 0 fully saturated rings. The maximum atomic E-state index is 12.0. The number of carbonyl (C=O) groups excluding carboxylic acids is 2. The van der Waals surface area contributed by atoms with Crippen LogP contribution in [0.5, 0.6) is 0 Å². The van der Waals surface area contributed by atoms with Crippen molar-refractivity contribution in [3.05, 3.63) is 28.3 Å². The van der Waals surface area contributed by atoms with E-state index in [1.165, 1.54) is 11.3 Å². The van der Waals surface area contributed by atoms with Gasteiger partial charge in [0.15, 0.2) is 0 Å². The third kappa shape index (κ3) is 3.47. The molecular formula is C13H16N4O3S. The first-order valence-corrected chi connectivity index (χ1v) is 7.11. The summed E-state index contributed by atoms with van der Waals surface area (Å²) in [4.78, 5) is 27.1. The molecule has 2 aromatic heterocycles. The number of primary amides is 1. The summed E-state index contributed by atoms with van der Waals surface area (Å²) in [6, 6.07) is 1.71. The van der Waals surface area contributed by atoms with Crippen LogP contribution in [0.15, 0.2) is 17.6 Å². The molecule has 0 saturated carbocycles. The van der Waals surface area contributed by atoms with E-state index < -0.39 is 17.9 Å². The number of nitrogens with zero attached hydrogens (tertiary/aromatic N) is 2. The SMILES string of the molecule is Cc1nc(-c2cc(C(=O)NCC(O)C(N)=O)n(C)c2)cs1. The Bertz CT molecular complexity index is 677. The molecule has 1 atom stereocenters. The summed E-state index contributed by atoms with van der Waals surface area (Å²) in [5.41, 5.74) is 6.98. The number of nitrogens with two attached hydrogens (primary N) is 1. The first-order valence-electron chi connectivity index (χ1n) is 6.23. The highest BCUT2D eigenvalue weighted by atomic mass is 32.1. The van der Waals surface area contributed by atoms with Crippen LogP contribution in [0.2, 0.25) is 0 Å². The molecule has 2 amide bonds. The Morgan fingerprint density at radius 1 is 1.57 bits per heavy atom. The van der Waals surface area contributed by atoms with E-state index in [1.807, 2.05) is 12.3 Å². The fraction of sp³-hybridized carbons (Fsp3) is 0.308. The van der Waals surface area contributed by atoms with Gasteiger partial charge >= 0.3 is 0 Å². The fourth-order valence-electron chi connectivity index (χ4n) is 1.81. The maximum Gasteiger partial charge on any atom is 0.268 e. The van der Waals surface area contributed by atoms with E-state index in [0.717, 1.165) is 16.3 Å². The molecule has 0 aliphatic rings. The molecule has 1 unspecified atom stereocenters. The minimum atomic E-state index is -1.39. The van der Waals surface area contributed by atoms with Crippen LogP contribution in [0.25, 0.3) is 11.3 Å². The first kappa shape index (κ1) is 15.2. The average molecular weight is 308 g/mol. The number of nitrogens with one attached hydrogen (secondary N) is 1. The van der Waals surface area contributed by atoms with Crippen molar-refractivity contribution < 1.29 is 14.7 Å². The van der Waals surface area contributed by atoms with Crippen LogP contribution in [-0.2, 0) is 11.8 Å². The number of aliphatic hydroxyl groups excluding tert-OH is 1. The van der Waals surface area contributed by atoms with Crippen LogP contribution in [0, 0.1) is 6.92 Å². The quantitative estimate of drug-likeness (QED) is 0.724. The zero-order valence-corrected chi connectivity index (χ0v) is 12.5. The van der Waals surface area contributed by atoms with Crippen molar-refractivity contribution in [2.24, 2.45) is 12.8 Å². The van der Waals surface area contributed by atoms with Gasteiger partial charge in [-0.2, -0.15) is 0 Å². The van der Waals surface area contributed by atoms with E-state index in [4.69, 9.17) is 5.73 Å². The van der Waals surface area contributed by atoms with E-state index >= 15 is 0 Å². The highest BCUT2D eigenvalue weighted by Crippen LogP contribution is 2.23. The second-order valence-corrected chi connectivity index (χ2v) is 5.67. The molecule has 0 radical (unpaired) electrons. The van der Waals surface area contributed by atoms with Crippen molar-refractivity contribution in [2.45, 2.75) is 13.0 Å². The minimum Gasteiger partial charge on any atom is -0.381 e. The van der Waals surface area contributed by atoms with Gasteiger partial charge in [-0.25, -0.2) is 4.98 Å². The third-order valence-corrected chi connectivity index (χ3v) is 3.71. The lowest BCUT2D eigenvalue weighted by molar-refractivity contribution is -0.125. The van der Waals surface area contributed by atoms with Gasteiger partial charge in [-0.05, 0) is 13.0 Å². The van der Waals surface area contributed by atoms with E-state index in [9.17, 15) is 14.7 Å². The van der Waals surface area contributed by atoms with Crippen LogP contribution in [0.4, 0.5) is 0 Å². The summed E-state index contributed by atoms with van der Waals surface area (Å²) in [5.74, 6) is -1.27. The van der Waals surface area contributed by atoms with Gasteiger partial charge in [0.2, 0.25) is 5.91 Å². The van der Waals surface area contributed by atoms with Crippen LogP contribution in [0.3, 0.4) is 0 Å².